The highest BCUT2D eigenvalue weighted by molar-refractivity contribution is 6.04. The fourth-order valence-corrected chi connectivity index (χ4v) is 3.42. The molecule has 0 aromatic heterocycles. The highest BCUT2D eigenvalue weighted by Crippen LogP contribution is 2.25. The van der Waals surface area contributed by atoms with Crippen molar-refractivity contribution >= 4 is 23.7 Å². The summed E-state index contributed by atoms with van der Waals surface area (Å²) in [6.45, 7) is 8.02. The van der Waals surface area contributed by atoms with Crippen molar-refractivity contribution < 1.29 is 28.6 Å². The van der Waals surface area contributed by atoms with Crippen molar-refractivity contribution in [2.45, 2.75) is 34.2 Å². The zero-order valence-electron chi connectivity index (χ0n) is 20.8. The van der Waals surface area contributed by atoms with E-state index in [4.69, 9.17) is 14.2 Å². The van der Waals surface area contributed by atoms with Gasteiger partial charge in [-0.25, -0.2) is 4.79 Å². The summed E-state index contributed by atoms with van der Waals surface area (Å²) >= 11 is 0. The van der Waals surface area contributed by atoms with Crippen LogP contribution >= 0.6 is 0 Å². The molecule has 8 heteroatoms. The molecule has 0 atom stereocenters. The first-order chi connectivity index (χ1) is 17.3. The van der Waals surface area contributed by atoms with Crippen molar-refractivity contribution in [3.8, 4) is 11.5 Å². The van der Waals surface area contributed by atoms with E-state index in [0.29, 0.717) is 11.3 Å². The number of carbonyl (C=O) groups is 3. The van der Waals surface area contributed by atoms with Gasteiger partial charge in [0.15, 0.2) is 6.61 Å². The van der Waals surface area contributed by atoms with Gasteiger partial charge in [-0.05, 0) is 86.3 Å². The Labute approximate surface area is 210 Å². The molecule has 36 heavy (non-hydrogen) atoms. The molecule has 0 aliphatic rings. The van der Waals surface area contributed by atoms with Gasteiger partial charge in [-0.1, -0.05) is 24.3 Å². The third-order valence-electron chi connectivity index (χ3n) is 5.48. The van der Waals surface area contributed by atoms with Crippen LogP contribution in [0.2, 0.25) is 0 Å². The molecule has 0 fully saturated rings. The minimum Gasteiger partial charge on any atom is -0.483 e. The molecule has 0 aliphatic carbocycles. The summed E-state index contributed by atoms with van der Waals surface area (Å²) in [7, 11) is 0. The Morgan fingerprint density at radius 3 is 2.33 bits per heavy atom. The molecule has 0 saturated heterocycles. The second-order valence-corrected chi connectivity index (χ2v) is 8.18. The van der Waals surface area contributed by atoms with E-state index in [1.165, 1.54) is 12.1 Å². The van der Waals surface area contributed by atoms with E-state index in [1.807, 2.05) is 39.0 Å². The highest BCUT2D eigenvalue weighted by atomic mass is 16.7. The summed E-state index contributed by atoms with van der Waals surface area (Å²) in [6, 6.07) is 17.3. The summed E-state index contributed by atoms with van der Waals surface area (Å²) in [6.07, 6.45) is -0.800. The summed E-state index contributed by atoms with van der Waals surface area (Å²) in [4.78, 5) is 36.3. The van der Waals surface area contributed by atoms with Crippen LogP contribution in [0.1, 0.15) is 39.5 Å². The Hall–Kier alpha value is -4.33. The number of nitrogens with one attached hydrogen (secondary N) is 2. The van der Waals surface area contributed by atoms with Crippen LogP contribution < -0.4 is 20.1 Å². The summed E-state index contributed by atoms with van der Waals surface area (Å²) in [5.74, 6) is 0.445. The number of hydrogen-bond donors (Lipinski definition) is 2. The van der Waals surface area contributed by atoms with E-state index >= 15 is 0 Å². The van der Waals surface area contributed by atoms with Crippen LogP contribution in [0.4, 0.5) is 10.5 Å². The van der Waals surface area contributed by atoms with Gasteiger partial charge in [-0.15, -0.1) is 0 Å². The number of amides is 2. The Bertz CT molecular complexity index is 1240. The van der Waals surface area contributed by atoms with E-state index in [0.717, 1.165) is 28.0 Å². The molecular weight excluding hydrogens is 460 g/mol. The van der Waals surface area contributed by atoms with Gasteiger partial charge in [-0.2, -0.15) is 0 Å². The van der Waals surface area contributed by atoms with Crippen molar-refractivity contribution in [3.63, 3.8) is 0 Å². The summed E-state index contributed by atoms with van der Waals surface area (Å²) < 4.78 is 15.5. The van der Waals surface area contributed by atoms with Gasteiger partial charge >= 0.3 is 6.16 Å². The van der Waals surface area contributed by atoms with Crippen LogP contribution in [-0.2, 0) is 16.1 Å². The lowest BCUT2D eigenvalue weighted by atomic mass is 10.1. The van der Waals surface area contributed by atoms with Crippen LogP contribution in [0, 0.1) is 20.8 Å². The number of benzene rings is 3. The van der Waals surface area contributed by atoms with Crippen LogP contribution in [0.3, 0.4) is 0 Å². The number of hydrogen-bond acceptors (Lipinski definition) is 6. The van der Waals surface area contributed by atoms with Crippen molar-refractivity contribution in [2.24, 2.45) is 0 Å². The fraction of sp³-hybridized carbons (Fsp3) is 0.250. The Morgan fingerprint density at radius 2 is 1.61 bits per heavy atom. The topological polar surface area (TPSA) is 103 Å². The molecule has 0 heterocycles. The van der Waals surface area contributed by atoms with E-state index in [-0.39, 0.29) is 37.3 Å². The van der Waals surface area contributed by atoms with Crippen molar-refractivity contribution in [1.82, 2.24) is 5.32 Å². The first kappa shape index (κ1) is 26.3. The molecule has 2 N–H and O–H groups in total. The normalized spacial score (nSPS) is 10.3. The molecule has 0 spiro atoms. The van der Waals surface area contributed by atoms with Crippen molar-refractivity contribution in [3.05, 3.63) is 88.5 Å². The van der Waals surface area contributed by atoms with Crippen LogP contribution in [-0.4, -0.2) is 31.2 Å². The lowest BCUT2D eigenvalue weighted by Crippen LogP contribution is -2.28. The summed E-state index contributed by atoms with van der Waals surface area (Å²) in [5, 5.41) is 5.66. The predicted molar refractivity (Wildman–Crippen MR) is 136 cm³/mol. The monoisotopic (exact) mass is 490 g/mol. The minimum absolute atomic E-state index is 0.0859. The molecule has 8 nitrogen and oxygen atoms in total. The molecule has 2 amide bonds. The van der Waals surface area contributed by atoms with Crippen LogP contribution in [0.5, 0.6) is 11.5 Å². The number of rotatable bonds is 9. The number of ether oxygens (including phenoxy) is 3. The largest absolute Gasteiger partial charge is 0.513 e. The maximum atomic E-state index is 12.6. The van der Waals surface area contributed by atoms with E-state index in [1.54, 1.807) is 37.3 Å². The van der Waals surface area contributed by atoms with Crippen LogP contribution in [0.25, 0.3) is 0 Å². The van der Waals surface area contributed by atoms with Crippen LogP contribution in [0.15, 0.2) is 60.7 Å². The maximum absolute atomic E-state index is 12.6. The molecule has 3 rings (SSSR count). The number of anilines is 1. The molecule has 0 unspecified atom stereocenters. The van der Waals surface area contributed by atoms with Gasteiger partial charge in [0.1, 0.15) is 11.5 Å². The second kappa shape index (κ2) is 12.4. The second-order valence-electron chi connectivity index (χ2n) is 8.18. The van der Waals surface area contributed by atoms with Gasteiger partial charge in [0.25, 0.3) is 11.8 Å². The third-order valence-corrected chi connectivity index (χ3v) is 5.48. The average Bonchev–Trinajstić information content (AvgIpc) is 2.86. The predicted octanol–water partition coefficient (Wildman–Crippen LogP) is 5.09. The van der Waals surface area contributed by atoms with Gasteiger partial charge in [0.05, 0.1) is 6.61 Å². The SMILES string of the molecule is CCOC(=O)Oc1ccc(C(=O)Nc2cccc(CNC(=O)COc3c(C)ccc(C)c3C)c2)cc1. The summed E-state index contributed by atoms with van der Waals surface area (Å²) in [5.41, 5.74) is 4.91. The molecule has 0 aliphatic heterocycles. The highest BCUT2D eigenvalue weighted by Gasteiger charge is 2.11. The van der Waals surface area contributed by atoms with E-state index < -0.39 is 6.16 Å². The molecule has 3 aromatic carbocycles. The van der Waals surface area contributed by atoms with E-state index in [2.05, 4.69) is 10.6 Å². The van der Waals surface area contributed by atoms with Gasteiger partial charge in [0.2, 0.25) is 0 Å². The standard InChI is InChI=1S/C28H30N2O6/c1-5-34-28(33)36-24-13-11-22(12-14-24)27(32)30-23-8-6-7-21(15-23)16-29-25(31)17-35-26-19(3)10-9-18(2)20(26)4/h6-15H,5,16-17H2,1-4H3,(H,29,31)(H,30,32). The fourth-order valence-electron chi connectivity index (χ4n) is 3.42. The molecular formula is C28H30N2O6. The minimum atomic E-state index is -0.800. The molecule has 0 bridgehead atoms. The van der Waals surface area contributed by atoms with E-state index in [9.17, 15) is 14.4 Å². The first-order valence-electron chi connectivity index (χ1n) is 11.6. The Balaban J connectivity index is 1.51. The van der Waals surface area contributed by atoms with Gasteiger partial charge in [0, 0.05) is 17.8 Å². The molecule has 188 valence electrons. The lowest BCUT2D eigenvalue weighted by molar-refractivity contribution is -0.123. The lowest BCUT2D eigenvalue weighted by Gasteiger charge is -2.14. The molecule has 3 aromatic rings. The quantitative estimate of drug-likeness (QED) is 0.320. The third kappa shape index (κ3) is 7.33. The average molecular weight is 491 g/mol. The Morgan fingerprint density at radius 1 is 0.889 bits per heavy atom. The van der Waals surface area contributed by atoms with Crippen molar-refractivity contribution in [1.29, 1.82) is 0 Å². The van der Waals surface area contributed by atoms with Gasteiger partial charge < -0.3 is 24.8 Å². The van der Waals surface area contributed by atoms with Crippen molar-refractivity contribution in [2.75, 3.05) is 18.5 Å². The zero-order valence-corrected chi connectivity index (χ0v) is 20.8. The van der Waals surface area contributed by atoms with Gasteiger partial charge in [-0.3, -0.25) is 9.59 Å². The first-order valence-corrected chi connectivity index (χ1v) is 11.6. The number of aryl methyl sites for hydroxylation is 2. The number of carbonyl (C=O) groups excluding carboxylic acids is 3. The zero-order chi connectivity index (χ0) is 26.1. The molecule has 0 saturated carbocycles. The maximum Gasteiger partial charge on any atom is 0.513 e. The smallest absolute Gasteiger partial charge is 0.483 e. The Kier molecular flexibility index (Phi) is 9.05. The molecule has 0 radical (unpaired) electrons.